The standard InChI is InChI=1S/C11H22N2O/c1-9(2)11(14)13-10-6-4-3-5-7-12-8-10/h9-10,12H,3-8H2,1-2H3,(H,13,14)/t10-/m0/s1. The van der Waals surface area contributed by atoms with E-state index in [-0.39, 0.29) is 11.8 Å². The Kier molecular flexibility index (Phi) is 4.94. The number of carbonyl (C=O) groups excluding carboxylic acids is 1. The third kappa shape index (κ3) is 4.09. The lowest BCUT2D eigenvalue weighted by atomic mass is 10.0. The molecule has 1 atom stereocenters. The summed E-state index contributed by atoms with van der Waals surface area (Å²) in [5.41, 5.74) is 0. The molecule has 1 rings (SSSR count). The van der Waals surface area contributed by atoms with Gasteiger partial charge in [-0.1, -0.05) is 26.7 Å². The molecule has 0 aromatic heterocycles. The Balaban J connectivity index is 2.30. The van der Waals surface area contributed by atoms with E-state index in [0.29, 0.717) is 6.04 Å². The smallest absolute Gasteiger partial charge is 0.222 e. The van der Waals surface area contributed by atoms with Gasteiger partial charge in [0.05, 0.1) is 0 Å². The fourth-order valence-corrected chi connectivity index (χ4v) is 1.69. The van der Waals surface area contributed by atoms with E-state index in [4.69, 9.17) is 0 Å². The van der Waals surface area contributed by atoms with E-state index < -0.39 is 0 Å². The molecule has 2 N–H and O–H groups in total. The van der Waals surface area contributed by atoms with Crippen LogP contribution in [0.4, 0.5) is 0 Å². The highest BCUT2D eigenvalue weighted by Crippen LogP contribution is 2.06. The van der Waals surface area contributed by atoms with E-state index in [1.54, 1.807) is 0 Å². The molecule has 1 aliphatic rings. The van der Waals surface area contributed by atoms with Crippen molar-refractivity contribution >= 4 is 5.91 Å². The number of rotatable bonds is 2. The number of carbonyl (C=O) groups is 1. The van der Waals surface area contributed by atoms with Gasteiger partial charge in [0.25, 0.3) is 0 Å². The summed E-state index contributed by atoms with van der Waals surface area (Å²) < 4.78 is 0. The summed E-state index contributed by atoms with van der Waals surface area (Å²) in [6, 6.07) is 0.338. The van der Waals surface area contributed by atoms with Crippen LogP contribution in [0.2, 0.25) is 0 Å². The minimum Gasteiger partial charge on any atom is -0.352 e. The first-order chi connectivity index (χ1) is 6.70. The zero-order valence-corrected chi connectivity index (χ0v) is 9.31. The van der Waals surface area contributed by atoms with Crippen molar-refractivity contribution in [2.75, 3.05) is 13.1 Å². The Hall–Kier alpha value is -0.570. The second kappa shape index (κ2) is 6.02. The monoisotopic (exact) mass is 198 g/mol. The van der Waals surface area contributed by atoms with Crippen LogP contribution < -0.4 is 10.6 Å². The zero-order valence-electron chi connectivity index (χ0n) is 9.31. The maximum atomic E-state index is 11.5. The van der Waals surface area contributed by atoms with Crippen molar-refractivity contribution in [2.24, 2.45) is 5.92 Å². The number of hydrogen-bond acceptors (Lipinski definition) is 2. The van der Waals surface area contributed by atoms with E-state index in [0.717, 1.165) is 19.5 Å². The Morgan fingerprint density at radius 2 is 2.14 bits per heavy atom. The number of nitrogens with one attached hydrogen (secondary N) is 2. The zero-order chi connectivity index (χ0) is 10.4. The van der Waals surface area contributed by atoms with Crippen molar-refractivity contribution in [2.45, 2.75) is 45.6 Å². The molecule has 1 aliphatic heterocycles. The SMILES string of the molecule is CC(C)C(=O)N[C@H]1CCCCCNC1. The predicted molar refractivity (Wildman–Crippen MR) is 58.1 cm³/mol. The van der Waals surface area contributed by atoms with Crippen molar-refractivity contribution in [1.82, 2.24) is 10.6 Å². The molecule has 1 saturated heterocycles. The maximum Gasteiger partial charge on any atom is 0.222 e. The Bertz CT molecular complexity index is 172. The van der Waals surface area contributed by atoms with Gasteiger partial charge >= 0.3 is 0 Å². The molecular weight excluding hydrogens is 176 g/mol. The molecule has 0 aliphatic carbocycles. The van der Waals surface area contributed by atoms with Gasteiger partial charge in [0.1, 0.15) is 0 Å². The minimum atomic E-state index is 0.0976. The average molecular weight is 198 g/mol. The van der Waals surface area contributed by atoms with Gasteiger partial charge < -0.3 is 10.6 Å². The van der Waals surface area contributed by atoms with Crippen LogP contribution in [-0.4, -0.2) is 25.0 Å². The maximum absolute atomic E-state index is 11.5. The molecule has 3 nitrogen and oxygen atoms in total. The van der Waals surface area contributed by atoms with Crippen molar-refractivity contribution < 1.29 is 4.79 Å². The lowest BCUT2D eigenvalue weighted by molar-refractivity contribution is -0.124. The minimum absolute atomic E-state index is 0.0976. The van der Waals surface area contributed by atoms with Crippen LogP contribution in [0.1, 0.15) is 39.5 Å². The van der Waals surface area contributed by atoms with Gasteiger partial charge in [-0.15, -0.1) is 0 Å². The molecular formula is C11H22N2O. The summed E-state index contributed by atoms with van der Waals surface area (Å²) in [6.45, 7) is 5.89. The fourth-order valence-electron chi connectivity index (χ4n) is 1.69. The average Bonchev–Trinajstić information content (AvgIpc) is 2.08. The molecule has 0 saturated carbocycles. The van der Waals surface area contributed by atoms with Crippen LogP contribution in [0.25, 0.3) is 0 Å². The van der Waals surface area contributed by atoms with Crippen LogP contribution in [-0.2, 0) is 4.79 Å². The first-order valence-electron chi connectivity index (χ1n) is 5.71. The summed E-state index contributed by atoms with van der Waals surface area (Å²) in [7, 11) is 0. The summed E-state index contributed by atoms with van der Waals surface area (Å²) >= 11 is 0. The summed E-state index contributed by atoms with van der Waals surface area (Å²) in [5.74, 6) is 0.276. The molecule has 0 aromatic carbocycles. The van der Waals surface area contributed by atoms with Gasteiger partial charge in [-0.3, -0.25) is 4.79 Å². The van der Waals surface area contributed by atoms with Crippen molar-refractivity contribution in [3.8, 4) is 0 Å². The van der Waals surface area contributed by atoms with E-state index in [9.17, 15) is 4.79 Å². The quantitative estimate of drug-likeness (QED) is 0.702. The second-order valence-electron chi connectivity index (χ2n) is 4.41. The molecule has 1 fully saturated rings. The molecule has 0 radical (unpaired) electrons. The van der Waals surface area contributed by atoms with Gasteiger partial charge in [-0.05, 0) is 19.4 Å². The Morgan fingerprint density at radius 3 is 2.86 bits per heavy atom. The van der Waals surface area contributed by atoms with E-state index in [2.05, 4.69) is 10.6 Å². The third-order valence-corrected chi connectivity index (χ3v) is 2.67. The van der Waals surface area contributed by atoms with Crippen LogP contribution in [0, 0.1) is 5.92 Å². The highest BCUT2D eigenvalue weighted by molar-refractivity contribution is 5.78. The molecule has 0 spiro atoms. The van der Waals surface area contributed by atoms with Gasteiger partial charge in [0.2, 0.25) is 5.91 Å². The second-order valence-corrected chi connectivity index (χ2v) is 4.41. The van der Waals surface area contributed by atoms with Gasteiger partial charge in [0, 0.05) is 18.5 Å². The normalized spacial score (nSPS) is 24.1. The van der Waals surface area contributed by atoms with Crippen molar-refractivity contribution in [3.05, 3.63) is 0 Å². The molecule has 0 aromatic rings. The van der Waals surface area contributed by atoms with Gasteiger partial charge in [-0.2, -0.15) is 0 Å². The lowest BCUT2D eigenvalue weighted by Gasteiger charge is -2.22. The number of amides is 1. The molecule has 1 amide bonds. The van der Waals surface area contributed by atoms with E-state index in [1.807, 2.05) is 13.8 Å². The summed E-state index contributed by atoms with van der Waals surface area (Å²) in [5, 5.41) is 6.45. The Morgan fingerprint density at radius 1 is 1.36 bits per heavy atom. The van der Waals surface area contributed by atoms with Gasteiger partial charge in [0.15, 0.2) is 0 Å². The molecule has 0 bridgehead atoms. The molecule has 3 heteroatoms. The number of hydrogen-bond donors (Lipinski definition) is 2. The molecule has 14 heavy (non-hydrogen) atoms. The van der Waals surface area contributed by atoms with Crippen molar-refractivity contribution in [3.63, 3.8) is 0 Å². The third-order valence-electron chi connectivity index (χ3n) is 2.67. The highest BCUT2D eigenvalue weighted by Gasteiger charge is 2.15. The van der Waals surface area contributed by atoms with E-state index >= 15 is 0 Å². The molecule has 0 unspecified atom stereocenters. The van der Waals surface area contributed by atoms with Crippen LogP contribution in [0.15, 0.2) is 0 Å². The highest BCUT2D eigenvalue weighted by atomic mass is 16.1. The largest absolute Gasteiger partial charge is 0.352 e. The van der Waals surface area contributed by atoms with Crippen molar-refractivity contribution in [1.29, 1.82) is 0 Å². The first-order valence-corrected chi connectivity index (χ1v) is 5.71. The van der Waals surface area contributed by atoms with Crippen LogP contribution >= 0.6 is 0 Å². The lowest BCUT2D eigenvalue weighted by Crippen LogP contribution is -2.44. The molecule has 1 heterocycles. The van der Waals surface area contributed by atoms with Gasteiger partial charge in [-0.25, -0.2) is 0 Å². The van der Waals surface area contributed by atoms with E-state index in [1.165, 1.54) is 19.3 Å². The Labute approximate surface area is 86.6 Å². The first kappa shape index (κ1) is 11.5. The molecule has 82 valence electrons. The predicted octanol–water partition coefficient (Wildman–Crippen LogP) is 1.29. The van der Waals surface area contributed by atoms with Crippen LogP contribution in [0.5, 0.6) is 0 Å². The van der Waals surface area contributed by atoms with Crippen LogP contribution in [0.3, 0.4) is 0 Å². The summed E-state index contributed by atoms with van der Waals surface area (Å²) in [6.07, 6.45) is 4.90. The fraction of sp³-hybridized carbons (Fsp3) is 0.909. The summed E-state index contributed by atoms with van der Waals surface area (Å²) in [4.78, 5) is 11.5. The topological polar surface area (TPSA) is 41.1 Å².